The van der Waals surface area contributed by atoms with Gasteiger partial charge in [0.25, 0.3) is 10.0 Å². The molecule has 0 aliphatic heterocycles. The molecule has 0 N–H and O–H groups in total. The number of hydrogen-bond acceptors (Lipinski definition) is 7. The number of sulfone groups is 1. The van der Waals surface area contributed by atoms with Gasteiger partial charge >= 0.3 is 0 Å². The van der Waals surface area contributed by atoms with E-state index in [2.05, 4.69) is 9.97 Å². The first kappa shape index (κ1) is 17.4. The molecule has 27 heavy (non-hydrogen) atoms. The van der Waals surface area contributed by atoms with Crippen LogP contribution in [-0.2, 0) is 19.9 Å². The van der Waals surface area contributed by atoms with Crippen LogP contribution in [0.4, 0.5) is 0 Å². The number of fused-ring (bicyclic) bond motifs is 1. The molecule has 0 unspecified atom stereocenters. The molecule has 3 heterocycles. The second kappa shape index (κ2) is 6.03. The van der Waals surface area contributed by atoms with E-state index in [0.717, 1.165) is 16.4 Å². The van der Waals surface area contributed by atoms with Crippen LogP contribution in [0.25, 0.3) is 22.6 Å². The van der Waals surface area contributed by atoms with E-state index in [1.165, 1.54) is 36.7 Å². The van der Waals surface area contributed by atoms with Crippen LogP contribution >= 0.6 is 0 Å². The van der Waals surface area contributed by atoms with Crippen LogP contribution < -0.4 is 0 Å². The molecule has 138 valence electrons. The first-order chi connectivity index (χ1) is 12.8. The van der Waals surface area contributed by atoms with E-state index in [1.54, 1.807) is 18.2 Å². The lowest BCUT2D eigenvalue weighted by Gasteiger charge is -2.10. The van der Waals surface area contributed by atoms with Gasteiger partial charge in [0.15, 0.2) is 15.5 Å². The predicted molar refractivity (Wildman–Crippen MR) is 97.4 cm³/mol. The van der Waals surface area contributed by atoms with Gasteiger partial charge in [0.05, 0.1) is 16.0 Å². The molecule has 4 rings (SSSR count). The predicted octanol–water partition coefficient (Wildman–Crippen LogP) is 2.33. The third-order valence-electron chi connectivity index (χ3n) is 3.93. The molecule has 1 aromatic carbocycles. The molecule has 0 bridgehead atoms. The third kappa shape index (κ3) is 2.92. The number of nitrogens with zero attached hydrogens (tertiary/aromatic N) is 3. The molecule has 10 heteroatoms. The van der Waals surface area contributed by atoms with Crippen LogP contribution in [-0.4, -0.2) is 37.0 Å². The van der Waals surface area contributed by atoms with Crippen LogP contribution in [0.1, 0.15) is 0 Å². The van der Waals surface area contributed by atoms with E-state index >= 15 is 0 Å². The van der Waals surface area contributed by atoms with E-state index in [1.807, 2.05) is 0 Å². The summed E-state index contributed by atoms with van der Waals surface area (Å²) in [6.07, 6.45) is 4.90. The van der Waals surface area contributed by atoms with Gasteiger partial charge in [-0.05, 0) is 24.3 Å². The summed E-state index contributed by atoms with van der Waals surface area (Å²) in [7, 11) is -7.52. The Hall–Kier alpha value is -2.98. The van der Waals surface area contributed by atoms with Crippen molar-refractivity contribution in [3.05, 3.63) is 61.1 Å². The maximum absolute atomic E-state index is 13.2. The summed E-state index contributed by atoms with van der Waals surface area (Å²) in [6, 6.07) is 10.7. The topological polar surface area (TPSA) is 112 Å². The Bertz CT molecular complexity index is 1340. The Morgan fingerprint density at radius 2 is 1.70 bits per heavy atom. The molecule has 0 amide bonds. The van der Waals surface area contributed by atoms with Crippen molar-refractivity contribution < 1.29 is 21.3 Å². The fourth-order valence-corrected chi connectivity index (χ4v) is 4.76. The zero-order valence-electron chi connectivity index (χ0n) is 14.0. The first-order valence-corrected chi connectivity index (χ1v) is 11.0. The van der Waals surface area contributed by atoms with Crippen molar-refractivity contribution in [1.82, 2.24) is 13.9 Å². The Morgan fingerprint density at radius 1 is 0.963 bits per heavy atom. The highest BCUT2D eigenvalue weighted by atomic mass is 32.2. The Morgan fingerprint density at radius 3 is 2.33 bits per heavy atom. The van der Waals surface area contributed by atoms with Crippen LogP contribution in [0.2, 0.25) is 0 Å². The van der Waals surface area contributed by atoms with Gasteiger partial charge in [0.1, 0.15) is 12.0 Å². The van der Waals surface area contributed by atoms with E-state index in [9.17, 15) is 16.8 Å². The first-order valence-electron chi connectivity index (χ1n) is 7.70. The zero-order chi connectivity index (χ0) is 19.2. The number of pyridine rings is 1. The highest BCUT2D eigenvalue weighted by Gasteiger charge is 2.27. The van der Waals surface area contributed by atoms with E-state index in [4.69, 9.17) is 4.42 Å². The molecular formula is C17H13N3O5S2. The minimum atomic E-state index is -4.02. The average Bonchev–Trinajstić information content (AvgIpc) is 3.28. The molecule has 8 nitrogen and oxygen atoms in total. The fraction of sp³-hybridized carbons (Fsp3) is 0.0588. The molecule has 0 saturated heterocycles. The molecule has 0 atom stereocenters. The van der Waals surface area contributed by atoms with Crippen LogP contribution in [0, 0.1) is 0 Å². The summed E-state index contributed by atoms with van der Waals surface area (Å²) < 4.78 is 56.4. The van der Waals surface area contributed by atoms with E-state index in [0.29, 0.717) is 5.39 Å². The summed E-state index contributed by atoms with van der Waals surface area (Å²) in [5.41, 5.74) is 0.233. The minimum Gasteiger partial charge on any atom is -0.443 e. The summed E-state index contributed by atoms with van der Waals surface area (Å²) in [5, 5.41) is 0.339. The van der Waals surface area contributed by atoms with E-state index < -0.39 is 19.9 Å². The van der Waals surface area contributed by atoms with Crippen LogP contribution in [0.5, 0.6) is 0 Å². The third-order valence-corrected chi connectivity index (χ3v) is 6.73. The normalized spacial score (nSPS) is 12.5. The quantitative estimate of drug-likeness (QED) is 0.514. The molecule has 0 aliphatic rings. The van der Waals surface area contributed by atoms with Crippen molar-refractivity contribution >= 4 is 30.9 Å². The number of aromatic nitrogens is 3. The molecule has 0 radical (unpaired) electrons. The summed E-state index contributed by atoms with van der Waals surface area (Å²) in [4.78, 5) is 8.18. The van der Waals surface area contributed by atoms with Crippen LogP contribution in [0.3, 0.4) is 0 Å². The zero-order valence-corrected chi connectivity index (χ0v) is 15.6. The maximum atomic E-state index is 13.2. The van der Waals surface area contributed by atoms with Crippen molar-refractivity contribution in [2.75, 3.05) is 6.26 Å². The monoisotopic (exact) mass is 403 g/mol. The second-order valence-electron chi connectivity index (χ2n) is 5.81. The number of oxazole rings is 1. The maximum Gasteiger partial charge on any atom is 0.270 e. The SMILES string of the molecule is CS(=O)(=O)c1cnc2c(c1)cc(-c1ncco1)n2S(=O)(=O)c1ccccc1. The highest BCUT2D eigenvalue weighted by Crippen LogP contribution is 2.31. The van der Waals surface area contributed by atoms with E-state index in [-0.39, 0.29) is 27.0 Å². The van der Waals surface area contributed by atoms with Crippen molar-refractivity contribution in [1.29, 1.82) is 0 Å². The summed E-state index contributed by atoms with van der Waals surface area (Å²) >= 11 is 0. The lowest BCUT2D eigenvalue weighted by atomic mass is 10.3. The van der Waals surface area contributed by atoms with Gasteiger partial charge in [0.2, 0.25) is 5.89 Å². The van der Waals surface area contributed by atoms with Crippen molar-refractivity contribution in [3.8, 4) is 11.6 Å². The minimum absolute atomic E-state index is 0.0109. The Balaban J connectivity index is 2.08. The second-order valence-corrected chi connectivity index (χ2v) is 9.61. The summed E-state index contributed by atoms with van der Waals surface area (Å²) in [5.74, 6) is 0.0772. The van der Waals surface area contributed by atoms with Crippen molar-refractivity contribution in [2.24, 2.45) is 0 Å². The van der Waals surface area contributed by atoms with Gasteiger partial charge in [-0.1, -0.05) is 18.2 Å². The van der Waals surface area contributed by atoms with Gasteiger partial charge in [-0.25, -0.2) is 30.8 Å². The Kier molecular flexibility index (Phi) is 3.89. The van der Waals surface area contributed by atoms with Crippen LogP contribution in [0.15, 0.2) is 75.3 Å². The van der Waals surface area contributed by atoms with Gasteiger partial charge in [-0.15, -0.1) is 0 Å². The standard InChI is InChI=1S/C17H13N3O5S2/c1-26(21,22)14-9-12-10-15(17-18-7-8-25-17)20(16(12)19-11-14)27(23,24)13-5-3-2-4-6-13/h2-11H,1H3. The number of rotatable bonds is 4. The number of hydrogen-bond donors (Lipinski definition) is 0. The number of benzene rings is 1. The highest BCUT2D eigenvalue weighted by molar-refractivity contribution is 7.90. The molecule has 3 aromatic heterocycles. The van der Waals surface area contributed by atoms with Gasteiger partial charge in [-0.2, -0.15) is 0 Å². The molecule has 0 saturated carbocycles. The van der Waals surface area contributed by atoms with Gasteiger partial charge in [-0.3, -0.25) is 0 Å². The smallest absolute Gasteiger partial charge is 0.270 e. The average molecular weight is 403 g/mol. The summed E-state index contributed by atoms with van der Waals surface area (Å²) in [6.45, 7) is 0. The molecule has 0 spiro atoms. The van der Waals surface area contributed by atoms with Crippen molar-refractivity contribution in [3.63, 3.8) is 0 Å². The lowest BCUT2D eigenvalue weighted by molar-refractivity contribution is 0.566. The molecule has 0 aliphatic carbocycles. The van der Waals surface area contributed by atoms with Gasteiger partial charge in [0, 0.05) is 17.8 Å². The van der Waals surface area contributed by atoms with Gasteiger partial charge < -0.3 is 4.42 Å². The molecule has 4 aromatic rings. The Labute approximate surface area is 155 Å². The fourth-order valence-electron chi connectivity index (χ4n) is 2.69. The lowest BCUT2D eigenvalue weighted by Crippen LogP contribution is -2.14. The largest absolute Gasteiger partial charge is 0.443 e. The van der Waals surface area contributed by atoms with Crippen molar-refractivity contribution in [2.45, 2.75) is 9.79 Å². The molecular weight excluding hydrogens is 390 g/mol. The molecule has 0 fully saturated rings.